The first kappa shape index (κ1) is 22.3. The predicted octanol–water partition coefficient (Wildman–Crippen LogP) is 7.25. The molecule has 0 atom stereocenters. The smallest absolute Gasteiger partial charge is 0.221 e. The maximum atomic E-state index is 12.5. The van der Waals surface area contributed by atoms with E-state index in [9.17, 15) is 4.79 Å². The van der Waals surface area contributed by atoms with E-state index in [1.165, 1.54) is 11.6 Å². The Balaban J connectivity index is 1.38. The predicted molar refractivity (Wildman–Crippen MR) is 149 cm³/mol. The molecule has 38 heavy (non-hydrogen) atoms. The average molecular weight is 501 g/mol. The van der Waals surface area contributed by atoms with Crippen molar-refractivity contribution in [1.29, 1.82) is 0 Å². The molecule has 0 saturated heterocycles. The van der Waals surface area contributed by atoms with Gasteiger partial charge in [0.05, 0.1) is 10.9 Å². The Kier molecular flexibility index (Phi) is 4.72. The van der Waals surface area contributed by atoms with Crippen LogP contribution >= 0.6 is 0 Å². The van der Waals surface area contributed by atoms with E-state index in [2.05, 4.69) is 54.6 Å². The van der Waals surface area contributed by atoms with Crippen LogP contribution in [-0.2, 0) is 5.41 Å². The second kappa shape index (κ2) is 8.05. The van der Waals surface area contributed by atoms with Gasteiger partial charge in [-0.2, -0.15) is 4.98 Å². The monoisotopic (exact) mass is 500 g/mol. The van der Waals surface area contributed by atoms with Gasteiger partial charge >= 0.3 is 0 Å². The first-order chi connectivity index (χ1) is 18.4. The fourth-order valence-corrected chi connectivity index (χ4v) is 5.00. The highest BCUT2D eigenvalue weighted by Crippen LogP contribution is 2.35. The molecule has 0 fully saturated rings. The van der Waals surface area contributed by atoms with Gasteiger partial charge in [-0.3, -0.25) is 9.36 Å². The molecule has 0 unspecified atom stereocenters. The summed E-state index contributed by atoms with van der Waals surface area (Å²) >= 11 is 0. The normalized spacial score (nSPS) is 12.2. The van der Waals surface area contributed by atoms with Gasteiger partial charge in [0.15, 0.2) is 11.1 Å². The number of pyridine rings is 3. The molecule has 7 heteroatoms. The molecular weight excluding hydrogens is 476 g/mol. The van der Waals surface area contributed by atoms with Gasteiger partial charge in [-0.25, -0.2) is 4.98 Å². The van der Waals surface area contributed by atoms with Crippen molar-refractivity contribution >= 4 is 44.0 Å². The van der Waals surface area contributed by atoms with Crippen LogP contribution in [0, 0.1) is 0 Å². The summed E-state index contributed by atoms with van der Waals surface area (Å²) in [7, 11) is 0. The fraction of sp³-hybridized carbons (Fsp3) is 0.129. The van der Waals surface area contributed by atoms with Gasteiger partial charge in [0, 0.05) is 40.7 Å². The molecule has 7 aromatic rings. The number of benzene rings is 2. The van der Waals surface area contributed by atoms with Crippen molar-refractivity contribution < 1.29 is 9.15 Å². The number of hydrogen-bond acceptors (Lipinski definition) is 5. The maximum absolute atomic E-state index is 12.5. The summed E-state index contributed by atoms with van der Waals surface area (Å²) < 4.78 is 14.1. The molecule has 0 aliphatic rings. The van der Waals surface area contributed by atoms with Gasteiger partial charge < -0.3 is 14.1 Å². The number of fused-ring (bicyclic) bond motifs is 6. The van der Waals surface area contributed by atoms with E-state index in [1.54, 1.807) is 12.3 Å². The van der Waals surface area contributed by atoms with Gasteiger partial charge in [0.25, 0.3) is 0 Å². The molecule has 5 heterocycles. The molecule has 0 spiro atoms. The molecule has 0 saturated carbocycles. The van der Waals surface area contributed by atoms with E-state index in [1.807, 2.05) is 42.6 Å². The average Bonchev–Trinajstić information content (AvgIpc) is 3.44. The Bertz CT molecular complexity index is 2080. The highest BCUT2D eigenvalue weighted by molar-refractivity contribution is 6.08. The summed E-state index contributed by atoms with van der Waals surface area (Å²) in [6, 6.07) is 23.2. The largest absolute Gasteiger partial charge is 0.440 e. The second-order valence-electron chi connectivity index (χ2n) is 10.4. The topological polar surface area (TPSA) is 85.9 Å². The first-order valence-corrected chi connectivity index (χ1v) is 12.5. The Labute approximate surface area is 217 Å². The lowest BCUT2D eigenvalue weighted by atomic mass is 9.88. The molecular formula is C31H24N4O3. The van der Waals surface area contributed by atoms with E-state index < -0.39 is 0 Å². The van der Waals surface area contributed by atoms with Crippen molar-refractivity contribution in [3.63, 3.8) is 0 Å². The molecule has 0 amide bonds. The Morgan fingerprint density at radius 2 is 1.79 bits per heavy atom. The highest BCUT2D eigenvalue weighted by Gasteiger charge is 2.19. The van der Waals surface area contributed by atoms with Crippen LogP contribution in [0.3, 0.4) is 0 Å². The van der Waals surface area contributed by atoms with Crippen molar-refractivity contribution in [2.24, 2.45) is 0 Å². The van der Waals surface area contributed by atoms with Crippen LogP contribution in [0.25, 0.3) is 49.8 Å². The van der Waals surface area contributed by atoms with Crippen LogP contribution in [0.15, 0.2) is 94.4 Å². The summed E-state index contributed by atoms with van der Waals surface area (Å²) in [5.41, 5.74) is 3.90. The summed E-state index contributed by atoms with van der Waals surface area (Å²) in [6.45, 7) is 6.57. The van der Waals surface area contributed by atoms with Gasteiger partial charge in [-0.1, -0.05) is 39.0 Å². The van der Waals surface area contributed by atoms with Crippen molar-refractivity contribution in [2.45, 2.75) is 26.2 Å². The van der Waals surface area contributed by atoms with Crippen LogP contribution in [0.1, 0.15) is 26.3 Å². The van der Waals surface area contributed by atoms with Crippen LogP contribution in [0.4, 0.5) is 0 Å². The van der Waals surface area contributed by atoms with Crippen LogP contribution in [-0.4, -0.2) is 19.5 Å². The van der Waals surface area contributed by atoms with Crippen LogP contribution in [0.2, 0.25) is 0 Å². The van der Waals surface area contributed by atoms with E-state index in [4.69, 9.17) is 19.1 Å². The lowest BCUT2D eigenvalue weighted by Gasteiger charge is -2.19. The number of para-hydroxylation sites is 1. The Morgan fingerprint density at radius 3 is 2.66 bits per heavy atom. The molecule has 7 rings (SSSR count). The Morgan fingerprint density at radius 1 is 0.921 bits per heavy atom. The highest BCUT2D eigenvalue weighted by atomic mass is 16.5. The number of hydrogen-bond donors (Lipinski definition) is 1. The van der Waals surface area contributed by atoms with E-state index in [-0.39, 0.29) is 10.8 Å². The number of aromatic nitrogens is 4. The lowest BCUT2D eigenvalue weighted by Crippen LogP contribution is -2.12. The number of nitrogens with one attached hydrogen (secondary N) is 1. The first-order valence-electron chi connectivity index (χ1n) is 12.5. The molecule has 0 aliphatic carbocycles. The minimum absolute atomic E-state index is 0.0181. The van der Waals surface area contributed by atoms with Crippen molar-refractivity contribution in [3.05, 3.63) is 101 Å². The molecule has 0 bridgehead atoms. The van der Waals surface area contributed by atoms with E-state index in [0.717, 1.165) is 27.8 Å². The van der Waals surface area contributed by atoms with Gasteiger partial charge in [0.1, 0.15) is 17.2 Å². The molecule has 186 valence electrons. The summed E-state index contributed by atoms with van der Waals surface area (Å²) in [5.74, 6) is 1.80. The zero-order chi connectivity index (χ0) is 26.0. The summed E-state index contributed by atoms with van der Waals surface area (Å²) in [5, 5.41) is 3.30. The zero-order valence-corrected chi connectivity index (χ0v) is 21.1. The summed E-state index contributed by atoms with van der Waals surface area (Å²) in [6.07, 6.45) is 3.43. The third-order valence-corrected chi connectivity index (χ3v) is 6.91. The zero-order valence-electron chi connectivity index (χ0n) is 21.1. The Hall–Kier alpha value is -4.91. The van der Waals surface area contributed by atoms with Crippen LogP contribution in [0.5, 0.6) is 11.6 Å². The minimum atomic E-state index is -0.108. The van der Waals surface area contributed by atoms with Gasteiger partial charge in [0.2, 0.25) is 11.6 Å². The third-order valence-electron chi connectivity index (χ3n) is 6.91. The lowest BCUT2D eigenvalue weighted by molar-refractivity contribution is 0.465. The quantitative estimate of drug-likeness (QED) is 0.276. The minimum Gasteiger partial charge on any atom is -0.440 e. The third kappa shape index (κ3) is 3.47. The van der Waals surface area contributed by atoms with Gasteiger partial charge in [-0.05, 0) is 53.4 Å². The number of rotatable bonds is 3. The number of aromatic amines is 1. The van der Waals surface area contributed by atoms with E-state index in [0.29, 0.717) is 33.7 Å². The van der Waals surface area contributed by atoms with Crippen LogP contribution < -0.4 is 10.2 Å². The molecule has 7 nitrogen and oxygen atoms in total. The van der Waals surface area contributed by atoms with Crippen molar-refractivity contribution in [1.82, 2.24) is 19.5 Å². The number of furan rings is 1. The van der Waals surface area contributed by atoms with Crippen molar-refractivity contribution in [2.75, 3.05) is 0 Å². The van der Waals surface area contributed by atoms with Crippen molar-refractivity contribution in [3.8, 4) is 17.4 Å². The maximum Gasteiger partial charge on any atom is 0.221 e. The molecule has 5 aromatic heterocycles. The second-order valence-corrected chi connectivity index (χ2v) is 10.4. The summed E-state index contributed by atoms with van der Waals surface area (Å²) in [4.78, 5) is 25.1. The molecule has 2 aromatic carbocycles. The van der Waals surface area contributed by atoms with E-state index >= 15 is 0 Å². The SMILES string of the molecule is CC(C)(C)c1ccnc(-n2c3ccccc3c3ccc(Oc4ccc5oc6[nH]ccc(=O)c6c5c4)nc32)c1. The number of ether oxygens (including phenoxy) is 1. The molecule has 0 radical (unpaired) electrons. The molecule has 1 N–H and O–H groups in total. The fourth-order valence-electron chi connectivity index (χ4n) is 5.00. The standard InChI is InChI=1S/C31H24N4O3/c1-31(2,3)18-12-14-32-26(16-18)35-23-7-5-4-6-20(23)21-9-11-27(34-29(21)35)37-19-8-10-25-22(17-19)28-24(36)13-15-33-30(28)38-25/h4-17H,1-3H3,(H,33,36). The number of H-pyrrole nitrogens is 1. The number of nitrogens with zero attached hydrogens (tertiary/aromatic N) is 3. The molecule has 0 aliphatic heterocycles. The van der Waals surface area contributed by atoms with Gasteiger partial charge in [-0.15, -0.1) is 0 Å².